The number of nitrogens with one attached hydrogen (secondary N) is 1. The van der Waals surface area contributed by atoms with E-state index in [1.54, 1.807) is 23.5 Å². The minimum atomic E-state index is -0.477. The number of Topliss-reactive ketones (excluding diaryl/α,β-unsaturated/α-hetero) is 1. The van der Waals surface area contributed by atoms with E-state index >= 15 is 0 Å². The summed E-state index contributed by atoms with van der Waals surface area (Å²) in [4.78, 5) is 27.2. The first-order valence-corrected chi connectivity index (χ1v) is 9.39. The Morgan fingerprint density at radius 1 is 1.25 bits per heavy atom. The molecule has 1 aliphatic rings. The number of amides is 1. The molecule has 1 atom stereocenters. The van der Waals surface area contributed by atoms with E-state index in [1.165, 1.54) is 9.78 Å². The Morgan fingerprint density at radius 2 is 2.00 bits per heavy atom. The lowest BCUT2D eigenvalue weighted by Crippen LogP contribution is -2.42. The normalized spacial score (nSPS) is 15.8. The highest BCUT2D eigenvalue weighted by molar-refractivity contribution is 9.10. The monoisotopic (exact) mass is 406 g/mol. The summed E-state index contributed by atoms with van der Waals surface area (Å²) in [5, 5.41) is 5.51. The molecule has 0 aliphatic carbocycles. The standard InChI is InChI=1S/C18H19BrN2O2S/c1-18(2,3)16(14-5-4-8-24-14)20-10-21-13-9-11(19)6-7-12(13)15(22)17(21)23/h4-9,16,20H,10H2,1-3H3. The zero-order valence-corrected chi connectivity index (χ0v) is 16.2. The number of anilines is 1. The maximum atomic E-state index is 12.3. The summed E-state index contributed by atoms with van der Waals surface area (Å²) in [7, 11) is 0. The molecule has 0 bridgehead atoms. The fourth-order valence-corrected chi connectivity index (χ4v) is 4.29. The second-order valence-electron chi connectivity index (χ2n) is 6.90. The number of rotatable bonds is 4. The van der Waals surface area contributed by atoms with Gasteiger partial charge in [0, 0.05) is 15.4 Å². The molecule has 6 heteroatoms. The largest absolute Gasteiger partial charge is 0.300 e. The number of ketones is 1. The van der Waals surface area contributed by atoms with Gasteiger partial charge in [0.2, 0.25) is 0 Å². The van der Waals surface area contributed by atoms with Gasteiger partial charge in [-0.25, -0.2) is 0 Å². The fourth-order valence-electron chi connectivity index (χ4n) is 2.90. The van der Waals surface area contributed by atoms with Crippen LogP contribution in [-0.4, -0.2) is 18.4 Å². The van der Waals surface area contributed by atoms with Crippen LogP contribution in [0.3, 0.4) is 0 Å². The number of hydrogen-bond donors (Lipinski definition) is 1. The summed E-state index contributed by atoms with van der Waals surface area (Å²) in [5.74, 6) is -0.919. The third-order valence-corrected chi connectivity index (χ3v) is 5.51. The Morgan fingerprint density at radius 3 is 2.62 bits per heavy atom. The molecule has 2 aromatic rings. The van der Waals surface area contributed by atoms with Gasteiger partial charge in [0.25, 0.3) is 5.78 Å². The molecule has 0 saturated heterocycles. The van der Waals surface area contributed by atoms with Gasteiger partial charge in [-0.15, -0.1) is 11.3 Å². The van der Waals surface area contributed by atoms with E-state index in [2.05, 4.69) is 48.1 Å². The number of hydrogen-bond acceptors (Lipinski definition) is 4. The predicted octanol–water partition coefficient (Wildman–Crippen LogP) is 4.37. The van der Waals surface area contributed by atoms with Gasteiger partial charge < -0.3 is 0 Å². The zero-order valence-electron chi connectivity index (χ0n) is 13.8. The van der Waals surface area contributed by atoms with E-state index in [0.717, 1.165) is 4.47 Å². The van der Waals surface area contributed by atoms with Crippen molar-refractivity contribution in [2.75, 3.05) is 11.6 Å². The van der Waals surface area contributed by atoms with Crippen LogP contribution in [0, 0.1) is 5.41 Å². The average Bonchev–Trinajstić information content (AvgIpc) is 3.09. The number of fused-ring (bicyclic) bond motifs is 1. The lowest BCUT2D eigenvalue weighted by molar-refractivity contribution is -0.114. The highest BCUT2D eigenvalue weighted by Gasteiger charge is 2.37. The third-order valence-electron chi connectivity index (χ3n) is 4.08. The maximum absolute atomic E-state index is 12.3. The molecule has 1 amide bonds. The first-order chi connectivity index (χ1) is 11.3. The molecule has 4 nitrogen and oxygen atoms in total. The number of thiophene rings is 1. The summed E-state index contributed by atoms with van der Waals surface area (Å²) in [6.45, 7) is 6.78. The summed E-state index contributed by atoms with van der Waals surface area (Å²) in [5.41, 5.74) is 1.11. The minimum Gasteiger partial charge on any atom is -0.291 e. The molecule has 0 radical (unpaired) electrons. The number of carbonyl (C=O) groups is 2. The van der Waals surface area contributed by atoms with Crippen molar-refractivity contribution in [3.63, 3.8) is 0 Å². The second kappa shape index (κ2) is 6.43. The molecule has 1 aliphatic heterocycles. The second-order valence-corrected chi connectivity index (χ2v) is 8.80. The van der Waals surface area contributed by atoms with Gasteiger partial charge in [0.15, 0.2) is 0 Å². The van der Waals surface area contributed by atoms with E-state index in [1.807, 2.05) is 17.5 Å². The van der Waals surface area contributed by atoms with Crippen LogP contribution in [0.15, 0.2) is 40.2 Å². The highest BCUT2D eigenvalue weighted by atomic mass is 79.9. The molecule has 1 aromatic heterocycles. The molecule has 1 unspecified atom stereocenters. The molecule has 2 heterocycles. The van der Waals surface area contributed by atoms with Crippen LogP contribution in [0.1, 0.15) is 42.0 Å². The van der Waals surface area contributed by atoms with Gasteiger partial charge in [0.1, 0.15) is 0 Å². The average molecular weight is 407 g/mol. The van der Waals surface area contributed by atoms with Crippen molar-refractivity contribution in [3.8, 4) is 0 Å². The van der Waals surface area contributed by atoms with Crippen molar-refractivity contribution in [1.82, 2.24) is 5.32 Å². The SMILES string of the molecule is CC(C)(C)C(NCN1C(=O)C(=O)c2ccc(Br)cc21)c1cccs1. The Kier molecular flexibility index (Phi) is 4.64. The first kappa shape index (κ1) is 17.3. The Bertz CT molecular complexity index is 781. The van der Waals surface area contributed by atoms with Crippen molar-refractivity contribution in [1.29, 1.82) is 0 Å². The maximum Gasteiger partial charge on any atom is 0.300 e. The van der Waals surface area contributed by atoms with E-state index in [9.17, 15) is 9.59 Å². The van der Waals surface area contributed by atoms with Crippen molar-refractivity contribution in [2.24, 2.45) is 5.41 Å². The van der Waals surface area contributed by atoms with Crippen LogP contribution in [-0.2, 0) is 4.79 Å². The van der Waals surface area contributed by atoms with Crippen molar-refractivity contribution < 1.29 is 9.59 Å². The lowest BCUT2D eigenvalue weighted by Gasteiger charge is -2.32. The Labute approximate surface area is 154 Å². The van der Waals surface area contributed by atoms with E-state index < -0.39 is 11.7 Å². The topological polar surface area (TPSA) is 49.4 Å². The van der Waals surface area contributed by atoms with Crippen LogP contribution in [0.5, 0.6) is 0 Å². The van der Waals surface area contributed by atoms with Crippen LogP contribution in [0.2, 0.25) is 0 Å². The van der Waals surface area contributed by atoms with Crippen LogP contribution in [0.4, 0.5) is 5.69 Å². The van der Waals surface area contributed by atoms with E-state index in [4.69, 9.17) is 0 Å². The zero-order chi connectivity index (χ0) is 17.5. The molecular formula is C18H19BrN2O2S. The fraction of sp³-hybridized carbons (Fsp3) is 0.333. The molecule has 126 valence electrons. The molecular weight excluding hydrogens is 388 g/mol. The number of halogens is 1. The van der Waals surface area contributed by atoms with Crippen LogP contribution >= 0.6 is 27.3 Å². The predicted molar refractivity (Wildman–Crippen MR) is 100 cm³/mol. The quantitative estimate of drug-likeness (QED) is 0.766. The van der Waals surface area contributed by atoms with Crippen molar-refractivity contribution in [3.05, 3.63) is 50.6 Å². The lowest BCUT2D eigenvalue weighted by atomic mass is 9.86. The molecule has 24 heavy (non-hydrogen) atoms. The molecule has 3 rings (SSSR count). The Balaban J connectivity index is 1.85. The molecule has 0 saturated carbocycles. The van der Waals surface area contributed by atoms with E-state index in [0.29, 0.717) is 17.9 Å². The molecule has 0 spiro atoms. The minimum absolute atomic E-state index is 0.0161. The van der Waals surface area contributed by atoms with Gasteiger partial charge >= 0.3 is 5.91 Å². The number of carbonyl (C=O) groups excluding carboxylic acids is 2. The summed E-state index contributed by atoms with van der Waals surface area (Å²) >= 11 is 5.10. The van der Waals surface area contributed by atoms with Gasteiger partial charge in [0.05, 0.1) is 17.9 Å². The van der Waals surface area contributed by atoms with Gasteiger partial charge in [-0.1, -0.05) is 42.8 Å². The summed E-state index contributed by atoms with van der Waals surface area (Å²) < 4.78 is 0.847. The summed E-state index contributed by atoms with van der Waals surface area (Å²) in [6.07, 6.45) is 0. The van der Waals surface area contributed by atoms with Crippen molar-refractivity contribution in [2.45, 2.75) is 26.8 Å². The van der Waals surface area contributed by atoms with Gasteiger partial charge in [-0.05, 0) is 35.1 Å². The number of nitrogens with zero attached hydrogens (tertiary/aromatic N) is 1. The summed E-state index contributed by atoms with van der Waals surface area (Å²) in [6, 6.07) is 9.50. The van der Waals surface area contributed by atoms with Crippen LogP contribution in [0.25, 0.3) is 0 Å². The van der Waals surface area contributed by atoms with Crippen molar-refractivity contribution >= 4 is 44.6 Å². The van der Waals surface area contributed by atoms with E-state index in [-0.39, 0.29) is 11.5 Å². The molecule has 1 N–H and O–H groups in total. The van der Waals surface area contributed by atoms with Gasteiger partial charge in [-0.2, -0.15) is 0 Å². The third kappa shape index (κ3) is 3.18. The Hall–Kier alpha value is -1.50. The smallest absolute Gasteiger partial charge is 0.291 e. The number of benzene rings is 1. The van der Waals surface area contributed by atoms with Crippen LogP contribution < -0.4 is 10.2 Å². The highest BCUT2D eigenvalue weighted by Crippen LogP contribution is 2.36. The first-order valence-electron chi connectivity index (χ1n) is 7.71. The van der Waals surface area contributed by atoms with Gasteiger partial charge in [-0.3, -0.25) is 19.8 Å². The molecule has 0 fully saturated rings. The molecule has 1 aromatic carbocycles.